The first-order valence-electron chi connectivity index (χ1n) is 8.06. The van der Waals surface area contributed by atoms with E-state index in [1.165, 1.54) is 12.1 Å². The molecule has 0 saturated heterocycles. The number of hydrogen-bond acceptors (Lipinski definition) is 5. The normalized spacial score (nSPS) is 10.7. The lowest BCUT2D eigenvalue weighted by Crippen LogP contribution is -2.08. The topological polar surface area (TPSA) is 70.8 Å². The lowest BCUT2D eigenvalue weighted by Gasteiger charge is -2.19. The molecule has 26 heavy (non-hydrogen) atoms. The number of para-hydroxylation sites is 1. The van der Waals surface area contributed by atoms with Gasteiger partial charge in [-0.15, -0.1) is 0 Å². The molecule has 0 saturated carbocycles. The third-order valence-electron chi connectivity index (χ3n) is 3.91. The highest BCUT2D eigenvalue weighted by Gasteiger charge is 2.04. The van der Waals surface area contributed by atoms with Crippen LogP contribution in [0.1, 0.15) is 5.56 Å². The fraction of sp³-hybridized carbons (Fsp3) is 0.0500. The number of nitrogens with one attached hydrogen (secondary N) is 1. The number of nitro groups is 1. The first-order valence-corrected chi connectivity index (χ1v) is 8.06. The quantitative estimate of drug-likeness (QED) is 0.395. The average molecular weight is 346 g/mol. The fourth-order valence-electron chi connectivity index (χ4n) is 2.42. The third-order valence-corrected chi connectivity index (χ3v) is 3.91. The summed E-state index contributed by atoms with van der Waals surface area (Å²) in [7, 11) is 2.02. The van der Waals surface area contributed by atoms with Gasteiger partial charge in [-0.25, -0.2) is 0 Å². The lowest BCUT2D eigenvalue weighted by atomic mass is 10.2. The SMILES string of the molecule is CN(c1ccccc1)c1ccc(/C=N/Nc2ccc([N+](=O)[O-])cc2)cc1. The molecule has 3 aromatic rings. The van der Waals surface area contributed by atoms with Crippen LogP contribution in [0.2, 0.25) is 0 Å². The molecule has 0 aliphatic carbocycles. The second-order valence-electron chi connectivity index (χ2n) is 5.66. The fourth-order valence-corrected chi connectivity index (χ4v) is 2.42. The van der Waals surface area contributed by atoms with E-state index in [1.54, 1.807) is 18.3 Å². The molecule has 0 unspecified atom stereocenters. The van der Waals surface area contributed by atoms with Crippen molar-refractivity contribution in [1.29, 1.82) is 0 Å². The Morgan fingerprint density at radius 3 is 2.15 bits per heavy atom. The van der Waals surface area contributed by atoms with Crippen LogP contribution < -0.4 is 10.3 Å². The summed E-state index contributed by atoms with van der Waals surface area (Å²) in [6.07, 6.45) is 1.70. The largest absolute Gasteiger partial charge is 0.345 e. The van der Waals surface area contributed by atoms with Gasteiger partial charge in [0, 0.05) is 30.6 Å². The Bertz CT molecular complexity index is 891. The Morgan fingerprint density at radius 1 is 0.923 bits per heavy atom. The monoisotopic (exact) mass is 346 g/mol. The van der Waals surface area contributed by atoms with Gasteiger partial charge in [0.25, 0.3) is 5.69 Å². The minimum absolute atomic E-state index is 0.0534. The Hall–Kier alpha value is -3.67. The van der Waals surface area contributed by atoms with Crippen molar-refractivity contribution < 1.29 is 4.92 Å². The van der Waals surface area contributed by atoms with Crippen LogP contribution in [-0.4, -0.2) is 18.2 Å². The highest BCUT2D eigenvalue weighted by molar-refractivity contribution is 5.81. The van der Waals surface area contributed by atoms with Crippen molar-refractivity contribution in [3.8, 4) is 0 Å². The Balaban J connectivity index is 1.62. The van der Waals surface area contributed by atoms with Gasteiger partial charge in [0.05, 0.1) is 16.8 Å². The molecule has 0 atom stereocenters. The molecule has 130 valence electrons. The second kappa shape index (κ2) is 7.94. The van der Waals surface area contributed by atoms with Crippen LogP contribution in [0.25, 0.3) is 0 Å². The van der Waals surface area contributed by atoms with Crippen molar-refractivity contribution >= 4 is 29.0 Å². The van der Waals surface area contributed by atoms with Gasteiger partial charge in [0.1, 0.15) is 0 Å². The van der Waals surface area contributed by atoms with Gasteiger partial charge in [-0.05, 0) is 42.0 Å². The van der Waals surface area contributed by atoms with Gasteiger partial charge >= 0.3 is 0 Å². The van der Waals surface area contributed by atoms with Gasteiger partial charge in [0.2, 0.25) is 0 Å². The Labute approximate surface area is 151 Å². The summed E-state index contributed by atoms with van der Waals surface area (Å²) >= 11 is 0. The zero-order valence-corrected chi connectivity index (χ0v) is 14.2. The molecule has 6 heteroatoms. The molecule has 0 spiro atoms. The molecule has 0 heterocycles. The Morgan fingerprint density at radius 2 is 1.54 bits per heavy atom. The first-order chi connectivity index (χ1) is 12.6. The minimum atomic E-state index is -0.429. The highest BCUT2D eigenvalue weighted by Crippen LogP contribution is 2.23. The van der Waals surface area contributed by atoms with Crippen molar-refractivity contribution in [2.45, 2.75) is 0 Å². The molecule has 1 N–H and O–H groups in total. The molecule has 0 aliphatic rings. The van der Waals surface area contributed by atoms with Crippen LogP contribution in [0.4, 0.5) is 22.7 Å². The van der Waals surface area contributed by atoms with E-state index in [9.17, 15) is 10.1 Å². The molecule has 0 bridgehead atoms. The van der Waals surface area contributed by atoms with Crippen molar-refractivity contribution in [2.75, 3.05) is 17.4 Å². The van der Waals surface area contributed by atoms with E-state index in [0.29, 0.717) is 5.69 Å². The summed E-state index contributed by atoms with van der Waals surface area (Å²) in [5, 5.41) is 14.8. The molecule has 0 radical (unpaired) electrons. The molecular formula is C20H18N4O2. The highest BCUT2D eigenvalue weighted by atomic mass is 16.6. The van der Waals surface area contributed by atoms with Gasteiger partial charge in [-0.1, -0.05) is 30.3 Å². The van der Waals surface area contributed by atoms with Crippen molar-refractivity contribution in [3.05, 3.63) is 94.5 Å². The van der Waals surface area contributed by atoms with Crippen LogP contribution in [0.5, 0.6) is 0 Å². The van der Waals surface area contributed by atoms with E-state index in [0.717, 1.165) is 16.9 Å². The molecule has 3 rings (SSSR count). The summed E-state index contributed by atoms with van der Waals surface area (Å²) in [5.41, 5.74) is 6.75. The predicted octanol–water partition coefficient (Wildman–Crippen LogP) is 4.81. The Kier molecular flexibility index (Phi) is 5.24. The second-order valence-corrected chi connectivity index (χ2v) is 5.66. The molecule has 3 aromatic carbocycles. The van der Waals surface area contributed by atoms with Crippen LogP contribution in [0, 0.1) is 10.1 Å². The molecule has 0 aromatic heterocycles. The zero-order valence-electron chi connectivity index (χ0n) is 14.2. The number of nitro benzene ring substituents is 1. The van der Waals surface area contributed by atoms with Crippen LogP contribution in [0.15, 0.2) is 84.0 Å². The lowest BCUT2D eigenvalue weighted by molar-refractivity contribution is -0.384. The number of benzene rings is 3. The summed E-state index contributed by atoms with van der Waals surface area (Å²) in [5.74, 6) is 0. The standard InChI is InChI=1S/C20H18N4O2/c1-23(18-5-3-2-4-6-18)19-11-7-16(8-12-19)15-21-22-17-9-13-20(14-10-17)24(25)26/h2-15,22H,1H3/b21-15+. The van der Waals surface area contributed by atoms with Crippen molar-refractivity contribution in [3.63, 3.8) is 0 Å². The smallest absolute Gasteiger partial charge is 0.269 e. The maximum atomic E-state index is 10.6. The molecular weight excluding hydrogens is 328 g/mol. The van der Waals surface area contributed by atoms with Crippen LogP contribution >= 0.6 is 0 Å². The van der Waals surface area contributed by atoms with Crippen molar-refractivity contribution in [2.24, 2.45) is 5.10 Å². The summed E-state index contributed by atoms with van der Waals surface area (Å²) in [6.45, 7) is 0. The maximum Gasteiger partial charge on any atom is 0.269 e. The average Bonchev–Trinajstić information content (AvgIpc) is 2.69. The number of hydrazone groups is 1. The maximum absolute atomic E-state index is 10.6. The number of non-ortho nitro benzene ring substituents is 1. The number of rotatable bonds is 6. The summed E-state index contributed by atoms with van der Waals surface area (Å²) in [4.78, 5) is 12.3. The third kappa shape index (κ3) is 4.24. The van der Waals surface area contributed by atoms with Gasteiger partial charge < -0.3 is 4.90 Å². The number of anilines is 3. The van der Waals surface area contributed by atoms with E-state index >= 15 is 0 Å². The van der Waals surface area contributed by atoms with E-state index in [-0.39, 0.29) is 5.69 Å². The van der Waals surface area contributed by atoms with Crippen molar-refractivity contribution in [1.82, 2.24) is 0 Å². The van der Waals surface area contributed by atoms with Gasteiger partial charge in [0.15, 0.2) is 0 Å². The molecule has 0 amide bonds. The van der Waals surface area contributed by atoms with E-state index in [4.69, 9.17) is 0 Å². The van der Waals surface area contributed by atoms with E-state index in [1.807, 2.05) is 49.5 Å². The van der Waals surface area contributed by atoms with E-state index < -0.39 is 4.92 Å². The summed E-state index contributed by atoms with van der Waals surface area (Å²) in [6, 6.07) is 24.3. The van der Waals surface area contributed by atoms with Gasteiger partial charge in [-0.3, -0.25) is 15.5 Å². The first kappa shape index (κ1) is 17.2. The molecule has 0 fully saturated rings. The number of nitrogens with zero attached hydrogens (tertiary/aromatic N) is 3. The number of hydrogen-bond donors (Lipinski definition) is 1. The zero-order chi connectivity index (χ0) is 18.4. The van der Waals surface area contributed by atoms with E-state index in [2.05, 4.69) is 27.6 Å². The van der Waals surface area contributed by atoms with Gasteiger partial charge in [-0.2, -0.15) is 5.10 Å². The minimum Gasteiger partial charge on any atom is -0.345 e. The molecule has 0 aliphatic heterocycles. The predicted molar refractivity (Wildman–Crippen MR) is 105 cm³/mol. The summed E-state index contributed by atoms with van der Waals surface area (Å²) < 4.78 is 0. The van der Waals surface area contributed by atoms with Crippen LogP contribution in [0.3, 0.4) is 0 Å². The molecule has 6 nitrogen and oxygen atoms in total. The van der Waals surface area contributed by atoms with Crippen LogP contribution in [-0.2, 0) is 0 Å².